The van der Waals surface area contributed by atoms with E-state index in [4.69, 9.17) is 16.7 Å². The highest BCUT2D eigenvalue weighted by atomic mass is 35.5. The minimum Gasteiger partial charge on any atom is -0.508 e. The van der Waals surface area contributed by atoms with E-state index in [-0.39, 0.29) is 11.9 Å². The molecule has 0 unspecified atom stereocenters. The predicted molar refractivity (Wildman–Crippen MR) is 53.1 cm³/mol. The molecular weight excluding hydrogens is 188 g/mol. The number of rotatable bonds is 3. The molecule has 0 bridgehead atoms. The van der Waals surface area contributed by atoms with Crippen LogP contribution in [0.15, 0.2) is 18.2 Å². The normalized spacial score (nSPS) is 12.8. The molecule has 13 heavy (non-hydrogen) atoms. The van der Waals surface area contributed by atoms with Gasteiger partial charge in [0, 0.05) is 5.02 Å². The van der Waals surface area contributed by atoms with Gasteiger partial charge in [-0.05, 0) is 43.5 Å². The Morgan fingerprint density at radius 3 is 2.77 bits per heavy atom. The molecule has 0 heterocycles. The van der Waals surface area contributed by atoms with E-state index in [1.807, 2.05) is 0 Å². The van der Waals surface area contributed by atoms with Crippen LogP contribution >= 0.6 is 11.6 Å². The molecule has 2 N–H and O–H groups in total. The van der Waals surface area contributed by atoms with E-state index in [9.17, 15) is 5.11 Å². The van der Waals surface area contributed by atoms with Gasteiger partial charge in [-0.1, -0.05) is 11.6 Å². The molecule has 0 aliphatic rings. The smallest absolute Gasteiger partial charge is 0.118 e. The molecule has 3 heteroatoms. The van der Waals surface area contributed by atoms with Crippen molar-refractivity contribution in [1.82, 2.24) is 0 Å². The zero-order chi connectivity index (χ0) is 9.84. The molecule has 0 aromatic heterocycles. The summed E-state index contributed by atoms with van der Waals surface area (Å²) in [5, 5.41) is 19.1. The first-order valence-electron chi connectivity index (χ1n) is 4.25. The van der Waals surface area contributed by atoms with Crippen LogP contribution in [0.4, 0.5) is 0 Å². The SMILES string of the molecule is C[C@H](O)CCc1cc(Cl)ccc1O. The van der Waals surface area contributed by atoms with Gasteiger partial charge in [-0.2, -0.15) is 0 Å². The van der Waals surface area contributed by atoms with Crippen molar-refractivity contribution < 1.29 is 10.2 Å². The Kier molecular flexibility index (Phi) is 3.58. The molecule has 0 aliphatic carbocycles. The molecule has 2 nitrogen and oxygen atoms in total. The molecule has 0 aliphatic heterocycles. The fourth-order valence-electron chi connectivity index (χ4n) is 1.12. The predicted octanol–water partition coefficient (Wildman–Crippen LogP) is 2.36. The number of aryl methyl sites for hydroxylation is 1. The van der Waals surface area contributed by atoms with Gasteiger partial charge in [0.05, 0.1) is 6.10 Å². The number of hydrogen-bond acceptors (Lipinski definition) is 2. The summed E-state index contributed by atoms with van der Waals surface area (Å²) < 4.78 is 0. The van der Waals surface area contributed by atoms with E-state index in [2.05, 4.69) is 0 Å². The van der Waals surface area contributed by atoms with Gasteiger partial charge in [0.25, 0.3) is 0 Å². The Labute approximate surface area is 82.8 Å². The van der Waals surface area contributed by atoms with Crippen molar-refractivity contribution in [2.24, 2.45) is 0 Å². The van der Waals surface area contributed by atoms with Crippen LogP contribution in [0.3, 0.4) is 0 Å². The molecule has 0 radical (unpaired) electrons. The van der Waals surface area contributed by atoms with Gasteiger partial charge < -0.3 is 10.2 Å². The maximum absolute atomic E-state index is 9.41. The van der Waals surface area contributed by atoms with Crippen LogP contribution in [0.1, 0.15) is 18.9 Å². The molecule has 0 amide bonds. The van der Waals surface area contributed by atoms with Gasteiger partial charge in [-0.3, -0.25) is 0 Å². The van der Waals surface area contributed by atoms with E-state index in [0.29, 0.717) is 17.9 Å². The Balaban J connectivity index is 2.70. The molecule has 0 fully saturated rings. The van der Waals surface area contributed by atoms with Crippen LogP contribution in [0, 0.1) is 0 Å². The van der Waals surface area contributed by atoms with Gasteiger partial charge in [0.15, 0.2) is 0 Å². The second-order valence-electron chi connectivity index (χ2n) is 3.16. The third-order valence-electron chi connectivity index (χ3n) is 1.87. The largest absolute Gasteiger partial charge is 0.508 e. The number of aliphatic hydroxyl groups excluding tert-OH is 1. The zero-order valence-electron chi connectivity index (χ0n) is 7.50. The van der Waals surface area contributed by atoms with Gasteiger partial charge in [-0.15, -0.1) is 0 Å². The third-order valence-corrected chi connectivity index (χ3v) is 2.11. The molecule has 1 aromatic rings. The first-order valence-corrected chi connectivity index (χ1v) is 4.63. The average Bonchev–Trinajstić information content (AvgIpc) is 2.06. The Hall–Kier alpha value is -0.730. The van der Waals surface area contributed by atoms with Crippen LogP contribution in [0.25, 0.3) is 0 Å². The lowest BCUT2D eigenvalue weighted by Gasteiger charge is -2.06. The van der Waals surface area contributed by atoms with Crippen LogP contribution < -0.4 is 0 Å². The quantitative estimate of drug-likeness (QED) is 0.787. The van der Waals surface area contributed by atoms with E-state index >= 15 is 0 Å². The molecule has 0 saturated heterocycles. The highest BCUT2D eigenvalue weighted by Crippen LogP contribution is 2.22. The van der Waals surface area contributed by atoms with Crippen LogP contribution in [-0.2, 0) is 6.42 Å². The monoisotopic (exact) mass is 200 g/mol. The molecule has 1 aromatic carbocycles. The summed E-state index contributed by atoms with van der Waals surface area (Å²) >= 11 is 5.76. The van der Waals surface area contributed by atoms with Gasteiger partial charge >= 0.3 is 0 Å². The average molecular weight is 201 g/mol. The fraction of sp³-hybridized carbons (Fsp3) is 0.400. The summed E-state index contributed by atoms with van der Waals surface area (Å²) in [6.07, 6.45) is 0.927. The number of hydrogen-bond donors (Lipinski definition) is 2. The standard InChI is InChI=1S/C10H13ClO2/c1-7(12)2-3-8-6-9(11)4-5-10(8)13/h4-7,12-13H,2-3H2,1H3/t7-/m0/s1. The summed E-state index contributed by atoms with van der Waals surface area (Å²) in [5.74, 6) is 0.241. The molecular formula is C10H13ClO2. The van der Waals surface area contributed by atoms with E-state index in [0.717, 1.165) is 5.56 Å². The Morgan fingerprint density at radius 2 is 2.15 bits per heavy atom. The lowest BCUT2D eigenvalue weighted by Crippen LogP contribution is -2.01. The van der Waals surface area contributed by atoms with Crippen molar-refractivity contribution in [3.05, 3.63) is 28.8 Å². The topological polar surface area (TPSA) is 40.5 Å². The number of phenols is 1. The minimum absolute atomic E-state index is 0.241. The second kappa shape index (κ2) is 4.49. The van der Waals surface area contributed by atoms with Gasteiger partial charge in [0.2, 0.25) is 0 Å². The van der Waals surface area contributed by atoms with Gasteiger partial charge in [0.1, 0.15) is 5.75 Å². The lowest BCUT2D eigenvalue weighted by molar-refractivity contribution is 0.184. The van der Waals surface area contributed by atoms with Crippen LogP contribution in [0.2, 0.25) is 5.02 Å². The Morgan fingerprint density at radius 1 is 1.46 bits per heavy atom. The number of aliphatic hydroxyl groups is 1. The second-order valence-corrected chi connectivity index (χ2v) is 3.60. The molecule has 1 rings (SSSR count). The summed E-state index contributed by atoms with van der Waals surface area (Å²) in [5.41, 5.74) is 0.786. The maximum Gasteiger partial charge on any atom is 0.118 e. The lowest BCUT2D eigenvalue weighted by atomic mass is 10.1. The van der Waals surface area contributed by atoms with E-state index < -0.39 is 0 Å². The number of aromatic hydroxyl groups is 1. The summed E-state index contributed by atoms with van der Waals surface area (Å²) in [4.78, 5) is 0. The molecule has 0 spiro atoms. The first-order chi connectivity index (χ1) is 6.09. The Bertz CT molecular complexity index is 284. The minimum atomic E-state index is -0.349. The number of phenolic OH excluding ortho intramolecular Hbond substituents is 1. The van der Waals surface area contributed by atoms with Crippen molar-refractivity contribution in [3.63, 3.8) is 0 Å². The molecule has 1 atom stereocenters. The number of benzene rings is 1. The zero-order valence-corrected chi connectivity index (χ0v) is 8.25. The summed E-state index contributed by atoms with van der Waals surface area (Å²) in [6.45, 7) is 1.72. The van der Waals surface area contributed by atoms with Gasteiger partial charge in [-0.25, -0.2) is 0 Å². The van der Waals surface area contributed by atoms with Crippen molar-refractivity contribution in [3.8, 4) is 5.75 Å². The third kappa shape index (κ3) is 3.25. The number of halogens is 1. The molecule has 72 valence electrons. The highest BCUT2D eigenvalue weighted by molar-refractivity contribution is 6.30. The van der Waals surface area contributed by atoms with Crippen molar-refractivity contribution in [1.29, 1.82) is 0 Å². The highest BCUT2D eigenvalue weighted by Gasteiger charge is 2.03. The van der Waals surface area contributed by atoms with Crippen molar-refractivity contribution >= 4 is 11.6 Å². The van der Waals surface area contributed by atoms with Crippen LogP contribution in [0.5, 0.6) is 5.75 Å². The maximum atomic E-state index is 9.41. The molecule has 0 saturated carbocycles. The van der Waals surface area contributed by atoms with Crippen molar-refractivity contribution in [2.75, 3.05) is 0 Å². The summed E-state index contributed by atoms with van der Waals surface area (Å²) in [6, 6.07) is 4.93. The summed E-state index contributed by atoms with van der Waals surface area (Å²) in [7, 11) is 0. The first kappa shape index (κ1) is 10.4. The van der Waals surface area contributed by atoms with E-state index in [1.54, 1.807) is 25.1 Å². The van der Waals surface area contributed by atoms with Crippen LogP contribution in [-0.4, -0.2) is 16.3 Å². The van der Waals surface area contributed by atoms with Crippen molar-refractivity contribution in [2.45, 2.75) is 25.9 Å². The van der Waals surface area contributed by atoms with E-state index in [1.165, 1.54) is 0 Å². The fourth-order valence-corrected chi connectivity index (χ4v) is 1.31.